The molecule has 2 aromatic carbocycles. The van der Waals surface area contributed by atoms with Gasteiger partial charge in [-0.15, -0.1) is 0 Å². The average molecular weight is 464 g/mol. The van der Waals surface area contributed by atoms with Gasteiger partial charge in [0.2, 0.25) is 5.95 Å². The van der Waals surface area contributed by atoms with Crippen molar-refractivity contribution in [1.29, 1.82) is 0 Å². The quantitative estimate of drug-likeness (QED) is 0.543. The van der Waals surface area contributed by atoms with Crippen molar-refractivity contribution in [2.24, 2.45) is 0 Å². The molecule has 1 saturated heterocycles. The maximum Gasteiger partial charge on any atom is 0.407 e. The SMILES string of the molecule is COc1ccc(CN(Cc2ccc(OC)cc2)c2ncc(N3CCN(C(=O)O)CC3)cn2)cc1. The molecule has 1 N–H and O–H groups in total. The lowest BCUT2D eigenvalue weighted by molar-refractivity contribution is 0.142. The zero-order chi connectivity index (χ0) is 23.9. The Bertz CT molecular complexity index is 1020. The fourth-order valence-corrected chi connectivity index (χ4v) is 3.90. The highest BCUT2D eigenvalue weighted by Gasteiger charge is 2.21. The van der Waals surface area contributed by atoms with Gasteiger partial charge in [-0.2, -0.15) is 0 Å². The smallest absolute Gasteiger partial charge is 0.407 e. The number of methoxy groups -OCH3 is 2. The minimum atomic E-state index is -0.876. The molecule has 0 spiro atoms. The Balaban J connectivity index is 1.51. The summed E-state index contributed by atoms with van der Waals surface area (Å²) in [7, 11) is 3.31. The molecule has 0 saturated carbocycles. The van der Waals surface area contributed by atoms with Crippen LogP contribution in [0.5, 0.6) is 11.5 Å². The fourth-order valence-electron chi connectivity index (χ4n) is 3.90. The maximum absolute atomic E-state index is 11.2. The van der Waals surface area contributed by atoms with E-state index in [2.05, 4.69) is 19.8 Å². The highest BCUT2D eigenvalue weighted by Crippen LogP contribution is 2.22. The standard InChI is InChI=1S/C25H29N5O4/c1-33-22-7-3-19(4-8-22)17-30(18-20-5-9-23(34-2)10-6-20)24-26-15-21(16-27-24)28-11-13-29(14-12-28)25(31)32/h3-10,15-16H,11-14,17-18H2,1-2H3,(H,31,32). The summed E-state index contributed by atoms with van der Waals surface area (Å²) in [5.74, 6) is 2.25. The lowest BCUT2D eigenvalue weighted by atomic mass is 10.1. The predicted molar refractivity (Wildman–Crippen MR) is 130 cm³/mol. The van der Waals surface area contributed by atoms with E-state index in [4.69, 9.17) is 14.6 Å². The van der Waals surface area contributed by atoms with E-state index in [1.54, 1.807) is 14.2 Å². The Kier molecular flexibility index (Phi) is 7.31. The van der Waals surface area contributed by atoms with E-state index >= 15 is 0 Å². The summed E-state index contributed by atoms with van der Waals surface area (Å²) in [6, 6.07) is 15.9. The number of benzene rings is 2. The van der Waals surface area contributed by atoms with Crippen LogP contribution in [0.1, 0.15) is 11.1 Å². The van der Waals surface area contributed by atoms with Gasteiger partial charge in [-0.1, -0.05) is 24.3 Å². The van der Waals surface area contributed by atoms with E-state index in [0.29, 0.717) is 45.2 Å². The molecule has 2 heterocycles. The molecule has 1 aliphatic heterocycles. The normalized spacial score (nSPS) is 13.5. The number of nitrogens with zero attached hydrogens (tertiary/aromatic N) is 5. The molecular weight excluding hydrogens is 434 g/mol. The number of aromatic nitrogens is 2. The van der Waals surface area contributed by atoms with Crippen LogP contribution in [0, 0.1) is 0 Å². The molecule has 1 fully saturated rings. The van der Waals surface area contributed by atoms with Crippen molar-refractivity contribution < 1.29 is 19.4 Å². The summed E-state index contributed by atoms with van der Waals surface area (Å²) in [6.45, 7) is 3.45. The minimum absolute atomic E-state index is 0.470. The van der Waals surface area contributed by atoms with Gasteiger partial charge in [-0.3, -0.25) is 0 Å². The summed E-state index contributed by atoms with van der Waals surface area (Å²) in [5, 5.41) is 9.16. The molecular formula is C25H29N5O4. The first-order chi connectivity index (χ1) is 16.6. The van der Waals surface area contributed by atoms with Crippen LogP contribution in [0.4, 0.5) is 16.4 Å². The number of ether oxygens (including phenoxy) is 2. The van der Waals surface area contributed by atoms with Gasteiger partial charge in [0.1, 0.15) is 11.5 Å². The van der Waals surface area contributed by atoms with Crippen LogP contribution >= 0.6 is 0 Å². The molecule has 0 bridgehead atoms. The minimum Gasteiger partial charge on any atom is -0.497 e. The first-order valence-corrected chi connectivity index (χ1v) is 11.1. The summed E-state index contributed by atoms with van der Waals surface area (Å²) in [5.41, 5.74) is 3.13. The van der Waals surface area contributed by atoms with Gasteiger partial charge in [-0.25, -0.2) is 14.8 Å². The average Bonchev–Trinajstić information content (AvgIpc) is 2.89. The first kappa shape index (κ1) is 23.2. The van der Waals surface area contributed by atoms with Crippen molar-refractivity contribution in [2.45, 2.75) is 13.1 Å². The van der Waals surface area contributed by atoms with Gasteiger partial charge in [0.25, 0.3) is 0 Å². The van der Waals surface area contributed by atoms with Gasteiger partial charge in [-0.05, 0) is 35.4 Å². The van der Waals surface area contributed by atoms with Gasteiger partial charge in [0.15, 0.2) is 0 Å². The molecule has 1 aromatic heterocycles. The summed E-state index contributed by atoms with van der Waals surface area (Å²) in [4.78, 5) is 26.1. The van der Waals surface area contributed by atoms with Crippen molar-refractivity contribution in [3.63, 3.8) is 0 Å². The zero-order valence-corrected chi connectivity index (χ0v) is 19.4. The van der Waals surface area contributed by atoms with Crippen LogP contribution in [0.25, 0.3) is 0 Å². The van der Waals surface area contributed by atoms with Crippen molar-refractivity contribution in [3.05, 3.63) is 72.1 Å². The van der Waals surface area contributed by atoms with E-state index in [-0.39, 0.29) is 0 Å². The van der Waals surface area contributed by atoms with Crippen LogP contribution in [0.15, 0.2) is 60.9 Å². The second kappa shape index (κ2) is 10.7. The third kappa shape index (κ3) is 5.67. The van der Waals surface area contributed by atoms with Crippen LogP contribution in [-0.2, 0) is 13.1 Å². The highest BCUT2D eigenvalue weighted by molar-refractivity contribution is 5.65. The van der Waals surface area contributed by atoms with Crippen LogP contribution in [0.3, 0.4) is 0 Å². The van der Waals surface area contributed by atoms with Crippen molar-refractivity contribution in [2.75, 3.05) is 50.2 Å². The number of hydrogen-bond acceptors (Lipinski definition) is 7. The van der Waals surface area contributed by atoms with Crippen molar-refractivity contribution in [1.82, 2.24) is 14.9 Å². The molecule has 9 heteroatoms. The number of hydrogen-bond donors (Lipinski definition) is 1. The van der Waals surface area contributed by atoms with E-state index in [9.17, 15) is 4.79 Å². The van der Waals surface area contributed by atoms with E-state index in [1.807, 2.05) is 60.9 Å². The first-order valence-electron chi connectivity index (χ1n) is 11.1. The van der Waals surface area contributed by atoms with Crippen molar-refractivity contribution >= 4 is 17.7 Å². The number of amides is 1. The highest BCUT2D eigenvalue weighted by atomic mass is 16.5. The van der Waals surface area contributed by atoms with Crippen LogP contribution in [-0.4, -0.2) is 66.5 Å². The Morgan fingerprint density at radius 3 is 1.74 bits per heavy atom. The third-order valence-corrected chi connectivity index (χ3v) is 5.89. The van der Waals surface area contributed by atoms with Crippen LogP contribution in [0.2, 0.25) is 0 Å². The van der Waals surface area contributed by atoms with Gasteiger partial charge in [0, 0.05) is 39.3 Å². The van der Waals surface area contributed by atoms with E-state index in [0.717, 1.165) is 28.3 Å². The lowest BCUT2D eigenvalue weighted by Crippen LogP contribution is -2.48. The molecule has 4 rings (SSSR count). The van der Waals surface area contributed by atoms with E-state index < -0.39 is 6.09 Å². The summed E-state index contributed by atoms with van der Waals surface area (Å²) >= 11 is 0. The Hall–Kier alpha value is -4.01. The number of piperazine rings is 1. The summed E-state index contributed by atoms with van der Waals surface area (Å²) in [6.07, 6.45) is 2.75. The monoisotopic (exact) mass is 463 g/mol. The molecule has 1 aliphatic rings. The second-order valence-corrected chi connectivity index (χ2v) is 8.05. The van der Waals surface area contributed by atoms with Gasteiger partial charge < -0.3 is 29.3 Å². The third-order valence-electron chi connectivity index (χ3n) is 5.89. The molecule has 1 amide bonds. The number of rotatable bonds is 8. The summed E-state index contributed by atoms with van der Waals surface area (Å²) < 4.78 is 10.6. The Morgan fingerprint density at radius 2 is 1.32 bits per heavy atom. The van der Waals surface area contributed by atoms with E-state index in [1.165, 1.54) is 4.90 Å². The fraction of sp³-hybridized carbons (Fsp3) is 0.320. The molecule has 0 radical (unpaired) electrons. The Morgan fingerprint density at radius 1 is 0.853 bits per heavy atom. The molecule has 3 aromatic rings. The van der Waals surface area contributed by atoms with Crippen LogP contribution < -0.4 is 19.3 Å². The molecule has 0 atom stereocenters. The molecule has 9 nitrogen and oxygen atoms in total. The van der Waals surface area contributed by atoms with Crippen molar-refractivity contribution in [3.8, 4) is 11.5 Å². The molecule has 34 heavy (non-hydrogen) atoms. The number of carbonyl (C=O) groups is 1. The topological polar surface area (TPSA) is 91.3 Å². The predicted octanol–water partition coefficient (Wildman–Crippen LogP) is 3.50. The number of anilines is 2. The van der Waals surface area contributed by atoms with Gasteiger partial charge in [0.05, 0.1) is 32.3 Å². The molecule has 178 valence electrons. The van der Waals surface area contributed by atoms with Gasteiger partial charge >= 0.3 is 6.09 Å². The molecule has 0 aliphatic carbocycles. The maximum atomic E-state index is 11.2. The largest absolute Gasteiger partial charge is 0.497 e. The second-order valence-electron chi connectivity index (χ2n) is 8.05. The molecule has 0 unspecified atom stereocenters. The lowest BCUT2D eigenvalue weighted by Gasteiger charge is -2.34. The zero-order valence-electron chi connectivity index (χ0n) is 19.4. The Labute approximate surface area is 199 Å². The number of carboxylic acid groups (broad SMARTS) is 1.